The molecular formula is C10H16N4. The van der Waals surface area contributed by atoms with E-state index in [0.717, 1.165) is 25.9 Å². The monoisotopic (exact) mass is 192 g/mol. The molecule has 0 atom stereocenters. The van der Waals surface area contributed by atoms with Gasteiger partial charge >= 0.3 is 0 Å². The molecule has 0 unspecified atom stereocenters. The maximum absolute atomic E-state index is 8.63. The number of unbranched alkanes of at least 4 members (excludes halogenated alkanes) is 1. The van der Waals surface area contributed by atoms with Crippen molar-refractivity contribution >= 4 is 0 Å². The van der Waals surface area contributed by atoms with Crippen LogP contribution in [-0.2, 0) is 0 Å². The van der Waals surface area contributed by atoms with Crippen molar-refractivity contribution in [3.8, 4) is 12.1 Å². The molecule has 76 valence electrons. The summed E-state index contributed by atoms with van der Waals surface area (Å²) in [5.41, 5.74) is 5.70. The first-order chi connectivity index (χ1) is 6.71. The number of hydrogen-bond acceptors (Lipinski definition) is 4. The zero-order chi connectivity index (χ0) is 11.0. The Morgan fingerprint density at radius 2 is 1.86 bits per heavy atom. The van der Waals surface area contributed by atoms with Gasteiger partial charge in [-0.1, -0.05) is 13.3 Å². The molecule has 0 aliphatic rings. The number of nitriles is 2. The molecule has 0 aromatic heterocycles. The van der Waals surface area contributed by atoms with Gasteiger partial charge in [-0.25, -0.2) is 0 Å². The molecule has 14 heavy (non-hydrogen) atoms. The number of rotatable bonds is 5. The van der Waals surface area contributed by atoms with E-state index in [2.05, 4.69) is 6.92 Å². The van der Waals surface area contributed by atoms with E-state index in [1.165, 1.54) is 0 Å². The molecule has 2 N–H and O–H groups in total. The average molecular weight is 192 g/mol. The maximum Gasteiger partial charge on any atom is 0.169 e. The quantitative estimate of drug-likeness (QED) is 0.666. The lowest BCUT2D eigenvalue weighted by atomic mass is 10.2. The molecule has 4 nitrogen and oxygen atoms in total. The minimum atomic E-state index is 0.00273. The van der Waals surface area contributed by atoms with Gasteiger partial charge in [0.25, 0.3) is 0 Å². The summed E-state index contributed by atoms with van der Waals surface area (Å²) in [6.45, 7) is 5.56. The normalized spacial score (nSPS) is 8.57. The van der Waals surface area contributed by atoms with Crippen LogP contribution < -0.4 is 5.73 Å². The van der Waals surface area contributed by atoms with E-state index in [0.29, 0.717) is 5.82 Å². The number of allylic oxidation sites excluding steroid dienone is 1. The minimum absolute atomic E-state index is 0.00273. The van der Waals surface area contributed by atoms with Gasteiger partial charge in [-0.15, -0.1) is 0 Å². The van der Waals surface area contributed by atoms with Crippen LogP contribution in [0, 0.1) is 22.7 Å². The fourth-order valence-electron chi connectivity index (χ4n) is 1.10. The highest BCUT2D eigenvalue weighted by Crippen LogP contribution is 2.05. The molecule has 0 aromatic carbocycles. The van der Waals surface area contributed by atoms with Crippen molar-refractivity contribution in [2.45, 2.75) is 26.7 Å². The predicted molar refractivity (Wildman–Crippen MR) is 54.6 cm³/mol. The number of hydrogen-bond donors (Lipinski definition) is 1. The van der Waals surface area contributed by atoms with Gasteiger partial charge in [0.1, 0.15) is 18.0 Å². The van der Waals surface area contributed by atoms with Crippen molar-refractivity contribution in [2.24, 2.45) is 5.73 Å². The Hall–Kier alpha value is -1.68. The third kappa shape index (κ3) is 3.37. The van der Waals surface area contributed by atoms with E-state index < -0.39 is 0 Å². The van der Waals surface area contributed by atoms with Crippen LogP contribution in [0.25, 0.3) is 0 Å². The maximum atomic E-state index is 8.63. The second-order valence-electron chi connectivity index (χ2n) is 2.92. The molecule has 0 fully saturated rings. The van der Waals surface area contributed by atoms with Crippen LogP contribution in [0.2, 0.25) is 0 Å². The van der Waals surface area contributed by atoms with Crippen LogP contribution in [0.15, 0.2) is 11.4 Å². The number of nitrogens with zero attached hydrogens (tertiary/aromatic N) is 3. The van der Waals surface area contributed by atoms with Crippen LogP contribution in [0.4, 0.5) is 0 Å². The van der Waals surface area contributed by atoms with E-state index in [-0.39, 0.29) is 5.57 Å². The highest BCUT2D eigenvalue weighted by atomic mass is 15.2. The Labute approximate surface area is 85.2 Å². The second kappa shape index (κ2) is 6.80. The van der Waals surface area contributed by atoms with Gasteiger partial charge in [0.2, 0.25) is 0 Å². The van der Waals surface area contributed by atoms with E-state index in [1.807, 2.05) is 11.8 Å². The lowest BCUT2D eigenvalue weighted by Gasteiger charge is -2.22. The fourth-order valence-corrected chi connectivity index (χ4v) is 1.10. The third-order valence-electron chi connectivity index (χ3n) is 1.98. The highest BCUT2D eigenvalue weighted by molar-refractivity contribution is 5.38. The largest absolute Gasteiger partial charge is 0.384 e. The van der Waals surface area contributed by atoms with E-state index in [1.54, 1.807) is 12.1 Å². The van der Waals surface area contributed by atoms with Crippen molar-refractivity contribution in [2.75, 3.05) is 13.1 Å². The van der Waals surface area contributed by atoms with Crippen molar-refractivity contribution < 1.29 is 0 Å². The molecule has 0 aliphatic heterocycles. The second-order valence-corrected chi connectivity index (χ2v) is 2.92. The molecular weight excluding hydrogens is 176 g/mol. The minimum Gasteiger partial charge on any atom is -0.384 e. The van der Waals surface area contributed by atoms with Crippen LogP contribution in [-0.4, -0.2) is 18.0 Å². The molecule has 4 heteroatoms. The van der Waals surface area contributed by atoms with Crippen molar-refractivity contribution in [1.82, 2.24) is 4.90 Å². The molecule has 0 spiro atoms. The van der Waals surface area contributed by atoms with Gasteiger partial charge in [-0.3, -0.25) is 0 Å². The van der Waals surface area contributed by atoms with Crippen LogP contribution >= 0.6 is 0 Å². The van der Waals surface area contributed by atoms with E-state index in [4.69, 9.17) is 16.3 Å². The lowest BCUT2D eigenvalue weighted by Crippen LogP contribution is -2.29. The molecule has 0 rings (SSSR count). The Morgan fingerprint density at radius 1 is 1.29 bits per heavy atom. The van der Waals surface area contributed by atoms with Crippen LogP contribution in [0.3, 0.4) is 0 Å². The van der Waals surface area contributed by atoms with Crippen LogP contribution in [0.1, 0.15) is 26.7 Å². The summed E-state index contributed by atoms with van der Waals surface area (Å²) in [5.74, 6) is 0.297. The highest BCUT2D eigenvalue weighted by Gasteiger charge is 2.08. The molecule has 0 aliphatic carbocycles. The molecule has 0 heterocycles. The first kappa shape index (κ1) is 12.3. The molecule has 0 radical (unpaired) electrons. The Morgan fingerprint density at radius 3 is 2.21 bits per heavy atom. The Kier molecular flexibility index (Phi) is 5.98. The topological polar surface area (TPSA) is 76.8 Å². The van der Waals surface area contributed by atoms with Crippen molar-refractivity contribution in [1.29, 1.82) is 10.5 Å². The smallest absolute Gasteiger partial charge is 0.169 e. The third-order valence-corrected chi connectivity index (χ3v) is 1.98. The van der Waals surface area contributed by atoms with Gasteiger partial charge in [0, 0.05) is 13.1 Å². The molecule has 0 bridgehead atoms. The lowest BCUT2D eigenvalue weighted by molar-refractivity contribution is 0.349. The molecule has 0 saturated heterocycles. The van der Waals surface area contributed by atoms with Gasteiger partial charge in [-0.2, -0.15) is 10.5 Å². The van der Waals surface area contributed by atoms with Crippen LogP contribution in [0.5, 0.6) is 0 Å². The van der Waals surface area contributed by atoms with Gasteiger partial charge < -0.3 is 10.6 Å². The van der Waals surface area contributed by atoms with Gasteiger partial charge in [0.05, 0.1) is 0 Å². The summed E-state index contributed by atoms with van der Waals surface area (Å²) in [5, 5.41) is 17.3. The average Bonchev–Trinajstić information content (AvgIpc) is 2.21. The first-order valence-electron chi connectivity index (χ1n) is 4.76. The number of nitrogens with two attached hydrogens (primary N) is 1. The van der Waals surface area contributed by atoms with Crippen molar-refractivity contribution in [3.63, 3.8) is 0 Å². The van der Waals surface area contributed by atoms with Crippen molar-refractivity contribution in [3.05, 3.63) is 11.4 Å². The van der Waals surface area contributed by atoms with Gasteiger partial charge in [-0.05, 0) is 13.3 Å². The van der Waals surface area contributed by atoms with E-state index >= 15 is 0 Å². The molecule has 0 amide bonds. The Bertz CT molecular complexity index is 263. The van der Waals surface area contributed by atoms with E-state index in [9.17, 15) is 0 Å². The molecule has 0 saturated carbocycles. The summed E-state index contributed by atoms with van der Waals surface area (Å²) >= 11 is 0. The standard InChI is InChI=1S/C10H16N4/c1-3-5-6-14(4-2)10(13)9(7-11)8-12/h3-6,13H2,1-2H3. The fraction of sp³-hybridized carbons (Fsp3) is 0.600. The summed E-state index contributed by atoms with van der Waals surface area (Å²) in [7, 11) is 0. The summed E-state index contributed by atoms with van der Waals surface area (Å²) in [6, 6.07) is 3.59. The van der Waals surface area contributed by atoms with Gasteiger partial charge in [0.15, 0.2) is 5.57 Å². The SMILES string of the molecule is CCCCN(CC)C(N)=C(C#N)C#N. The summed E-state index contributed by atoms with van der Waals surface area (Å²) in [4.78, 5) is 1.85. The molecule has 0 aromatic rings. The summed E-state index contributed by atoms with van der Waals surface area (Å²) in [6.07, 6.45) is 2.08. The zero-order valence-electron chi connectivity index (χ0n) is 8.75. The zero-order valence-corrected chi connectivity index (χ0v) is 8.75. The Balaban J connectivity index is 4.62. The summed E-state index contributed by atoms with van der Waals surface area (Å²) < 4.78 is 0. The predicted octanol–water partition coefficient (Wildman–Crippen LogP) is 1.33. The first-order valence-corrected chi connectivity index (χ1v) is 4.76.